The molecule has 7 nitrogen and oxygen atoms in total. The van der Waals surface area contributed by atoms with Crippen molar-refractivity contribution in [3.05, 3.63) is 12.1 Å². The van der Waals surface area contributed by atoms with Crippen molar-refractivity contribution < 1.29 is 9.47 Å². The van der Waals surface area contributed by atoms with Crippen molar-refractivity contribution in [2.24, 2.45) is 0 Å². The van der Waals surface area contributed by atoms with E-state index < -0.39 is 0 Å². The van der Waals surface area contributed by atoms with Crippen LogP contribution in [0.3, 0.4) is 0 Å². The van der Waals surface area contributed by atoms with Crippen molar-refractivity contribution in [2.75, 3.05) is 51.6 Å². The van der Waals surface area contributed by atoms with Crippen LogP contribution in [-0.4, -0.2) is 68.4 Å². The number of fused-ring (bicyclic) bond motifs is 1. The summed E-state index contributed by atoms with van der Waals surface area (Å²) in [5.74, 6) is 3.04. The van der Waals surface area contributed by atoms with Gasteiger partial charge in [0.25, 0.3) is 0 Å². The first-order chi connectivity index (χ1) is 13.1. The quantitative estimate of drug-likeness (QED) is 0.838. The fourth-order valence-electron chi connectivity index (χ4n) is 3.68. The lowest BCUT2D eigenvalue weighted by atomic mass is 10.1. The molecule has 1 saturated heterocycles. The van der Waals surface area contributed by atoms with Gasteiger partial charge in [-0.05, 0) is 51.9 Å². The molecule has 2 aliphatic rings. The Hall–Kier alpha value is -2.28. The van der Waals surface area contributed by atoms with Crippen LogP contribution in [0.25, 0.3) is 10.9 Å². The van der Waals surface area contributed by atoms with Crippen LogP contribution < -0.4 is 19.7 Å². The molecule has 0 unspecified atom stereocenters. The van der Waals surface area contributed by atoms with Gasteiger partial charge < -0.3 is 24.6 Å². The average molecular weight is 371 g/mol. The summed E-state index contributed by atoms with van der Waals surface area (Å²) in [7, 11) is 7.57. The van der Waals surface area contributed by atoms with Gasteiger partial charge in [-0.3, -0.25) is 0 Å². The lowest BCUT2D eigenvalue weighted by Gasteiger charge is -2.30. The van der Waals surface area contributed by atoms with E-state index >= 15 is 0 Å². The van der Waals surface area contributed by atoms with E-state index in [4.69, 9.17) is 19.4 Å². The van der Waals surface area contributed by atoms with E-state index in [2.05, 4.69) is 29.2 Å². The number of nitrogens with zero attached hydrogens (tertiary/aromatic N) is 4. The van der Waals surface area contributed by atoms with Crippen LogP contribution in [0, 0.1) is 0 Å². The molecule has 1 saturated carbocycles. The van der Waals surface area contributed by atoms with Crippen molar-refractivity contribution >= 4 is 22.7 Å². The van der Waals surface area contributed by atoms with Crippen LogP contribution in [0.15, 0.2) is 12.1 Å². The Labute approximate surface area is 160 Å². The molecule has 0 amide bonds. The lowest BCUT2D eigenvalue weighted by Crippen LogP contribution is -2.37. The average Bonchev–Trinajstić information content (AvgIpc) is 3.53. The first-order valence-corrected chi connectivity index (χ1v) is 9.70. The van der Waals surface area contributed by atoms with Gasteiger partial charge in [0.15, 0.2) is 11.5 Å². The van der Waals surface area contributed by atoms with Crippen LogP contribution in [0.4, 0.5) is 11.8 Å². The number of piperidine rings is 1. The number of nitrogens with one attached hydrogen (secondary N) is 1. The summed E-state index contributed by atoms with van der Waals surface area (Å²) >= 11 is 0. The fraction of sp³-hybridized carbons (Fsp3) is 0.600. The van der Waals surface area contributed by atoms with E-state index in [9.17, 15) is 0 Å². The largest absolute Gasteiger partial charge is 0.493 e. The summed E-state index contributed by atoms with van der Waals surface area (Å²) in [6.45, 7) is 2.21. The summed E-state index contributed by atoms with van der Waals surface area (Å²) in [5.41, 5.74) is 0.876. The van der Waals surface area contributed by atoms with Crippen molar-refractivity contribution in [1.82, 2.24) is 14.9 Å². The Morgan fingerprint density at radius 1 is 1.04 bits per heavy atom. The Kier molecular flexibility index (Phi) is 4.95. The van der Waals surface area contributed by atoms with Crippen molar-refractivity contribution in [1.29, 1.82) is 0 Å². The van der Waals surface area contributed by atoms with E-state index in [1.54, 1.807) is 14.2 Å². The second kappa shape index (κ2) is 7.38. The minimum Gasteiger partial charge on any atom is -0.493 e. The zero-order valence-corrected chi connectivity index (χ0v) is 16.7. The normalized spacial score (nSPS) is 18.5. The van der Waals surface area contributed by atoms with E-state index in [-0.39, 0.29) is 0 Å². The molecule has 1 aliphatic carbocycles. The first-order valence-electron chi connectivity index (χ1n) is 9.70. The van der Waals surface area contributed by atoms with Crippen molar-refractivity contribution in [3.63, 3.8) is 0 Å². The molecule has 2 aromatic rings. The number of hydrogen-bond donors (Lipinski definition) is 1. The van der Waals surface area contributed by atoms with E-state index in [0.29, 0.717) is 23.6 Å². The third-order valence-corrected chi connectivity index (χ3v) is 5.66. The molecule has 1 aromatic carbocycles. The third-order valence-electron chi connectivity index (χ3n) is 5.66. The summed E-state index contributed by atoms with van der Waals surface area (Å²) in [6.07, 6.45) is 4.65. The smallest absolute Gasteiger partial charge is 0.227 e. The van der Waals surface area contributed by atoms with Crippen LogP contribution in [0.1, 0.15) is 25.7 Å². The highest BCUT2D eigenvalue weighted by atomic mass is 16.5. The monoisotopic (exact) mass is 371 g/mol. The molecule has 1 aliphatic heterocycles. The molecule has 0 spiro atoms. The number of ether oxygens (including phenoxy) is 2. The van der Waals surface area contributed by atoms with Gasteiger partial charge in [0.05, 0.1) is 19.7 Å². The minimum atomic E-state index is 0.423. The Bertz CT molecular complexity index is 816. The van der Waals surface area contributed by atoms with E-state index in [0.717, 1.165) is 48.6 Å². The number of rotatable bonds is 6. The highest BCUT2D eigenvalue weighted by molar-refractivity contribution is 5.93. The number of methoxy groups -OCH3 is 2. The number of likely N-dealkylation sites (tertiary alicyclic amines) is 1. The van der Waals surface area contributed by atoms with Gasteiger partial charge in [0.2, 0.25) is 5.95 Å². The van der Waals surface area contributed by atoms with Gasteiger partial charge in [-0.1, -0.05) is 0 Å². The molecule has 1 aromatic heterocycles. The molecule has 146 valence electrons. The Morgan fingerprint density at radius 2 is 1.70 bits per heavy atom. The standard InChI is InChI=1S/C20H29N5O2/c1-24-9-7-13(8-10-24)21-19-15-11-17(26-3)18(27-4)12-16(15)22-20(23-19)25(2)14-5-6-14/h11-14H,5-10H2,1-4H3,(H,21,22,23). The van der Waals surface area contributed by atoms with Gasteiger partial charge in [0.1, 0.15) is 5.82 Å². The molecular formula is C20H29N5O2. The highest BCUT2D eigenvalue weighted by Gasteiger charge is 2.29. The maximum absolute atomic E-state index is 5.50. The SMILES string of the molecule is COc1cc2nc(N(C)C3CC3)nc(NC3CCN(C)CC3)c2cc1OC. The molecule has 4 rings (SSSR count). The van der Waals surface area contributed by atoms with Gasteiger partial charge in [-0.15, -0.1) is 0 Å². The number of hydrogen-bond acceptors (Lipinski definition) is 7. The molecule has 7 heteroatoms. The van der Waals surface area contributed by atoms with E-state index in [1.807, 2.05) is 12.1 Å². The molecule has 2 heterocycles. The molecule has 0 atom stereocenters. The molecule has 2 fully saturated rings. The summed E-state index contributed by atoms with van der Waals surface area (Å²) in [6, 6.07) is 4.90. The molecule has 0 bridgehead atoms. The maximum Gasteiger partial charge on any atom is 0.227 e. The minimum absolute atomic E-state index is 0.423. The molecular weight excluding hydrogens is 342 g/mol. The van der Waals surface area contributed by atoms with Gasteiger partial charge >= 0.3 is 0 Å². The predicted octanol–water partition coefficient (Wildman–Crippen LogP) is 2.75. The highest BCUT2D eigenvalue weighted by Crippen LogP contribution is 2.37. The second-order valence-corrected chi connectivity index (χ2v) is 7.66. The van der Waals surface area contributed by atoms with Gasteiger partial charge in [-0.2, -0.15) is 4.98 Å². The predicted molar refractivity (Wildman–Crippen MR) is 108 cm³/mol. The number of anilines is 2. The van der Waals surface area contributed by atoms with Crippen LogP contribution in [0.2, 0.25) is 0 Å². The maximum atomic E-state index is 5.50. The third kappa shape index (κ3) is 3.74. The fourth-order valence-corrected chi connectivity index (χ4v) is 3.68. The van der Waals surface area contributed by atoms with Gasteiger partial charge in [-0.25, -0.2) is 4.98 Å². The molecule has 1 N–H and O–H groups in total. The number of aromatic nitrogens is 2. The summed E-state index contributed by atoms with van der Waals surface area (Å²) in [4.78, 5) is 14.3. The lowest BCUT2D eigenvalue weighted by molar-refractivity contribution is 0.264. The number of benzene rings is 1. The Balaban J connectivity index is 1.75. The zero-order valence-electron chi connectivity index (χ0n) is 16.7. The first kappa shape index (κ1) is 18.1. The zero-order chi connectivity index (χ0) is 19.0. The topological polar surface area (TPSA) is 62.8 Å². The summed E-state index contributed by atoms with van der Waals surface area (Å²) in [5, 5.41) is 4.66. The van der Waals surface area contributed by atoms with Crippen molar-refractivity contribution in [2.45, 2.75) is 37.8 Å². The van der Waals surface area contributed by atoms with Crippen LogP contribution in [-0.2, 0) is 0 Å². The Morgan fingerprint density at radius 3 is 2.33 bits per heavy atom. The second-order valence-electron chi connectivity index (χ2n) is 7.66. The van der Waals surface area contributed by atoms with Crippen LogP contribution in [0.5, 0.6) is 11.5 Å². The van der Waals surface area contributed by atoms with Gasteiger partial charge in [0, 0.05) is 30.6 Å². The molecule has 0 radical (unpaired) electrons. The molecule has 27 heavy (non-hydrogen) atoms. The van der Waals surface area contributed by atoms with E-state index in [1.165, 1.54) is 12.8 Å². The van der Waals surface area contributed by atoms with Crippen molar-refractivity contribution in [3.8, 4) is 11.5 Å². The summed E-state index contributed by atoms with van der Waals surface area (Å²) < 4.78 is 11.0. The van der Waals surface area contributed by atoms with Crippen LogP contribution >= 0.6 is 0 Å².